The van der Waals surface area contributed by atoms with Crippen LogP contribution in [0.2, 0.25) is 10.0 Å². The molecular formula is C12H16Cl2N2. The van der Waals surface area contributed by atoms with Gasteiger partial charge in [-0.05, 0) is 37.1 Å². The van der Waals surface area contributed by atoms with E-state index in [9.17, 15) is 0 Å². The van der Waals surface area contributed by atoms with Crippen LogP contribution in [0.25, 0.3) is 0 Å². The lowest BCUT2D eigenvalue weighted by molar-refractivity contribution is 0.389. The lowest BCUT2D eigenvalue weighted by Crippen LogP contribution is -2.42. The Labute approximate surface area is 106 Å². The zero-order valence-corrected chi connectivity index (χ0v) is 10.6. The topological polar surface area (TPSA) is 24.1 Å². The smallest absolute Gasteiger partial charge is 0.0465 e. The Morgan fingerprint density at radius 2 is 2.25 bits per heavy atom. The highest BCUT2D eigenvalue weighted by Gasteiger charge is 2.12. The molecule has 1 heterocycles. The molecule has 2 N–H and O–H groups in total. The Bertz CT molecular complexity index is 349. The monoisotopic (exact) mass is 258 g/mol. The summed E-state index contributed by atoms with van der Waals surface area (Å²) in [5, 5.41) is 8.31. The Morgan fingerprint density at radius 3 is 2.94 bits per heavy atom. The molecule has 4 heteroatoms. The van der Waals surface area contributed by atoms with Gasteiger partial charge in [-0.15, -0.1) is 0 Å². The van der Waals surface area contributed by atoms with E-state index in [2.05, 4.69) is 10.6 Å². The molecule has 16 heavy (non-hydrogen) atoms. The second-order valence-electron chi connectivity index (χ2n) is 4.16. The third kappa shape index (κ3) is 3.36. The SMILES string of the molecule is Clc1ccc(CN[C@@H]2CCCNC2)c(Cl)c1. The van der Waals surface area contributed by atoms with Crippen molar-refractivity contribution in [2.75, 3.05) is 13.1 Å². The molecule has 1 aliphatic rings. The van der Waals surface area contributed by atoms with Gasteiger partial charge in [0.15, 0.2) is 0 Å². The summed E-state index contributed by atoms with van der Waals surface area (Å²) in [6.45, 7) is 2.99. The van der Waals surface area contributed by atoms with Crippen LogP contribution in [0.5, 0.6) is 0 Å². The second kappa shape index (κ2) is 5.87. The van der Waals surface area contributed by atoms with Crippen molar-refractivity contribution in [2.45, 2.75) is 25.4 Å². The van der Waals surface area contributed by atoms with Gasteiger partial charge in [0.1, 0.15) is 0 Å². The van der Waals surface area contributed by atoms with E-state index < -0.39 is 0 Å². The molecule has 88 valence electrons. The van der Waals surface area contributed by atoms with Crippen LogP contribution in [0.3, 0.4) is 0 Å². The van der Waals surface area contributed by atoms with Gasteiger partial charge in [-0.2, -0.15) is 0 Å². The minimum Gasteiger partial charge on any atom is -0.315 e. The zero-order valence-electron chi connectivity index (χ0n) is 9.10. The molecule has 0 aliphatic carbocycles. The second-order valence-corrected chi connectivity index (χ2v) is 5.00. The summed E-state index contributed by atoms with van der Waals surface area (Å²) in [6, 6.07) is 6.21. The average Bonchev–Trinajstić information content (AvgIpc) is 2.29. The first-order valence-electron chi connectivity index (χ1n) is 5.64. The summed E-state index contributed by atoms with van der Waals surface area (Å²) in [7, 11) is 0. The number of rotatable bonds is 3. The molecule has 2 rings (SSSR count). The molecule has 1 atom stereocenters. The first-order valence-corrected chi connectivity index (χ1v) is 6.39. The van der Waals surface area contributed by atoms with Gasteiger partial charge in [0.05, 0.1) is 0 Å². The van der Waals surface area contributed by atoms with Gasteiger partial charge in [-0.3, -0.25) is 0 Å². The molecule has 0 spiro atoms. The van der Waals surface area contributed by atoms with Crippen molar-refractivity contribution >= 4 is 23.2 Å². The highest BCUT2D eigenvalue weighted by atomic mass is 35.5. The normalized spacial score (nSPS) is 21.0. The molecule has 1 aromatic rings. The number of hydrogen-bond acceptors (Lipinski definition) is 2. The van der Waals surface area contributed by atoms with Crippen LogP contribution in [-0.4, -0.2) is 19.1 Å². The highest BCUT2D eigenvalue weighted by Crippen LogP contribution is 2.21. The maximum atomic E-state index is 6.11. The van der Waals surface area contributed by atoms with Gasteiger partial charge in [-0.1, -0.05) is 29.3 Å². The lowest BCUT2D eigenvalue weighted by atomic mass is 10.1. The Hall–Kier alpha value is -0.280. The van der Waals surface area contributed by atoms with Gasteiger partial charge in [0, 0.05) is 29.2 Å². The van der Waals surface area contributed by atoms with Crippen LogP contribution < -0.4 is 10.6 Å². The van der Waals surface area contributed by atoms with Gasteiger partial charge in [-0.25, -0.2) is 0 Å². The minimum absolute atomic E-state index is 0.556. The standard InChI is InChI=1S/C12H16Cl2N2/c13-10-4-3-9(12(14)6-10)7-16-11-2-1-5-15-8-11/h3-4,6,11,15-16H,1-2,5,7-8H2/t11-/m1/s1. The molecular weight excluding hydrogens is 243 g/mol. The summed E-state index contributed by atoms with van der Waals surface area (Å²) in [4.78, 5) is 0. The van der Waals surface area contributed by atoms with Crippen molar-refractivity contribution in [3.05, 3.63) is 33.8 Å². The summed E-state index contributed by atoms with van der Waals surface area (Å²) < 4.78 is 0. The first-order chi connectivity index (χ1) is 7.75. The largest absolute Gasteiger partial charge is 0.315 e. The van der Waals surface area contributed by atoms with Crippen LogP contribution in [-0.2, 0) is 6.54 Å². The summed E-state index contributed by atoms with van der Waals surface area (Å²) in [5.41, 5.74) is 1.11. The molecule has 0 bridgehead atoms. The molecule has 0 radical (unpaired) electrons. The lowest BCUT2D eigenvalue weighted by Gasteiger charge is -2.24. The molecule has 1 aliphatic heterocycles. The van der Waals surface area contributed by atoms with Gasteiger partial charge in [0.2, 0.25) is 0 Å². The van der Waals surface area contributed by atoms with Crippen LogP contribution in [0.15, 0.2) is 18.2 Å². The molecule has 0 amide bonds. The Balaban J connectivity index is 1.88. The molecule has 0 saturated carbocycles. The number of nitrogens with one attached hydrogen (secondary N) is 2. The van der Waals surface area contributed by atoms with Crippen molar-refractivity contribution in [1.82, 2.24) is 10.6 Å². The van der Waals surface area contributed by atoms with Crippen LogP contribution in [0.4, 0.5) is 0 Å². The minimum atomic E-state index is 0.556. The number of piperidine rings is 1. The fraction of sp³-hybridized carbons (Fsp3) is 0.500. The first kappa shape index (κ1) is 12.2. The molecule has 2 nitrogen and oxygen atoms in total. The summed E-state index contributed by atoms with van der Waals surface area (Å²) in [5.74, 6) is 0. The quantitative estimate of drug-likeness (QED) is 0.872. The zero-order chi connectivity index (χ0) is 11.4. The highest BCUT2D eigenvalue weighted by molar-refractivity contribution is 6.35. The summed E-state index contributed by atoms with van der Waals surface area (Å²) in [6.07, 6.45) is 2.48. The van der Waals surface area contributed by atoms with E-state index in [1.165, 1.54) is 12.8 Å². The van der Waals surface area contributed by atoms with E-state index >= 15 is 0 Å². The van der Waals surface area contributed by atoms with E-state index in [0.29, 0.717) is 11.1 Å². The van der Waals surface area contributed by atoms with Crippen molar-refractivity contribution < 1.29 is 0 Å². The molecule has 1 aromatic carbocycles. The van der Waals surface area contributed by atoms with E-state index in [0.717, 1.165) is 30.2 Å². The van der Waals surface area contributed by atoms with Gasteiger partial charge in [0.25, 0.3) is 0 Å². The van der Waals surface area contributed by atoms with Gasteiger partial charge < -0.3 is 10.6 Å². The van der Waals surface area contributed by atoms with E-state index in [4.69, 9.17) is 23.2 Å². The molecule has 1 saturated heterocycles. The van der Waals surface area contributed by atoms with Crippen LogP contribution >= 0.6 is 23.2 Å². The van der Waals surface area contributed by atoms with Crippen LogP contribution in [0, 0.1) is 0 Å². The maximum Gasteiger partial charge on any atom is 0.0465 e. The van der Waals surface area contributed by atoms with Crippen molar-refractivity contribution in [1.29, 1.82) is 0 Å². The fourth-order valence-electron chi connectivity index (χ4n) is 1.95. The number of hydrogen-bond donors (Lipinski definition) is 2. The maximum absolute atomic E-state index is 6.11. The summed E-state index contributed by atoms with van der Waals surface area (Å²) >= 11 is 12.0. The third-order valence-corrected chi connectivity index (χ3v) is 3.48. The predicted octanol–water partition coefficient (Wildman–Crippen LogP) is 2.84. The van der Waals surface area contributed by atoms with E-state index in [1.807, 2.05) is 12.1 Å². The van der Waals surface area contributed by atoms with Crippen molar-refractivity contribution in [3.8, 4) is 0 Å². The number of benzene rings is 1. The number of halogens is 2. The Morgan fingerprint density at radius 1 is 1.38 bits per heavy atom. The fourth-order valence-corrected chi connectivity index (χ4v) is 2.42. The molecule has 1 fully saturated rings. The van der Waals surface area contributed by atoms with E-state index in [-0.39, 0.29) is 0 Å². The Kier molecular flexibility index (Phi) is 4.47. The van der Waals surface area contributed by atoms with Crippen molar-refractivity contribution in [2.24, 2.45) is 0 Å². The van der Waals surface area contributed by atoms with E-state index in [1.54, 1.807) is 6.07 Å². The molecule has 0 unspecified atom stereocenters. The predicted molar refractivity (Wildman–Crippen MR) is 69.2 cm³/mol. The third-order valence-electron chi connectivity index (χ3n) is 2.89. The van der Waals surface area contributed by atoms with Crippen molar-refractivity contribution in [3.63, 3.8) is 0 Å². The van der Waals surface area contributed by atoms with Crippen LogP contribution in [0.1, 0.15) is 18.4 Å². The molecule has 0 aromatic heterocycles. The van der Waals surface area contributed by atoms with Gasteiger partial charge >= 0.3 is 0 Å². The average molecular weight is 259 g/mol.